The molecule has 1 atom stereocenters. The number of carbonyl (C=O) groups is 2. The number of esters is 2. The van der Waals surface area contributed by atoms with Crippen molar-refractivity contribution in [1.82, 2.24) is 0 Å². The normalized spacial score (nSPS) is 18.5. The Hall–Kier alpha value is -2.01. The highest BCUT2D eigenvalue weighted by atomic mass is 32.2. The fourth-order valence-corrected chi connectivity index (χ4v) is 2.57. The van der Waals surface area contributed by atoms with Crippen molar-refractivity contribution in [2.75, 3.05) is 6.61 Å². The lowest BCUT2D eigenvalue weighted by atomic mass is 9.98. The lowest BCUT2D eigenvalue weighted by Crippen LogP contribution is -2.60. The van der Waals surface area contributed by atoms with Crippen molar-refractivity contribution in [3.8, 4) is 0 Å². The summed E-state index contributed by atoms with van der Waals surface area (Å²) < 4.78 is 149. The Balaban J connectivity index is 3.42. The second kappa shape index (κ2) is 9.46. The van der Waals surface area contributed by atoms with Gasteiger partial charge in [-0.15, -0.1) is 0 Å². The lowest BCUT2D eigenvalue weighted by molar-refractivity contribution is -0.361. The zero-order chi connectivity index (χ0) is 25.2. The molecule has 8 nitrogen and oxygen atoms in total. The highest BCUT2D eigenvalue weighted by Gasteiger charge is 2.69. The van der Waals surface area contributed by atoms with E-state index in [0.29, 0.717) is 19.3 Å². The van der Waals surface area contributed by atoms with Crippen LogP contribution in [0.1, 0.15) is 32.1 Å². The topological polar surface area (TPSA) is 119 Å². The monoisotopic (exact) mass is 507 g/mol. The molecule has 1 aliphatic rings. The van der Waals surface area contributed by atoms with Gasteiger partial charge >= 0.3 is 35.3 Å². The smallest absolute Gasteiger partial charge is 0.468 e. The Morgan fingerprint density at radius 2 is 1.47 bits per heavy atom. The summed E-state index contributed by atoms with van der Waals surface area (Å²) in [6, 6.07) is 0. The van der Waals surface area contributed by atoms with Crippen LogP contribution in [-0.2, 0) is 33.9 Å². The molecule has 0 amide bonds. The van der Waals surface area contributed by atoms with Crippen molar-refractivity contribution >= 4 is 22.1 Å². The number of alkyl halides is 8. The van der Waals surface area contributed by atoms with Crippen LogP contribution in [0.25, 0.3) is 0 Å². The van der Waals surface area contributed by atoms with E-state index in [1.807, 2.05) is 0 Å². The molecule has 0 aromatic rings. The maximum absolute atomic E-state index is 13.7. The minimum atomic E-state index is -6.66. The summed E-state index contributed by atoms with van der Waals surface area (Å²) >= 11 is 0. The first-order valence-corrected chi connectivity index (χ1v) is 9.90. The van der Waals surface area contributed by atoms with Crippen LogP contribution in [0.2, 0.25) is 0 Å². The molecule has 0 aromatic carbocycles. The summed E-state index contributed by atoms with van der Waals surface area (Å²) in [5.41, 5.74) is -2.58. The largest absolute Gasteiger partial charge is 0.743 e. The van der Waals surface area contributed by atoms with Crippen molar-refractivity contribution in [3.63, 3.8) is 0 Å². The van der Waals surface area contributed by atoms with E-state index in [1.165, 1.54) is 0 Å². The van der Waals surface area contributed by atoms with Gasteiger partial charge in [0.2, 0.25) is 0 Å². The van der Waals surface area contributed by atoms with Gasteiger partial charge in [0.05, 0.1) is 0 Å². The molecule has 1 rings (SSSR count). The third kappa shape index (κ3) is 6.50. The molecule has 0 spiro atoms. The molecule has 0 bridgehead atoms. The van der Waals surface area contributed by atoms with Crippen LogP contribution in [0.5, 0.6) is 0 Å². The predicted octanol–water partition coefficient (Wildman–Crippen LogP) is 2.94. The summed E-state index contributed by atoms with van der Waals surface area (Å²) in [6.07, 6.45) is -12.0. The van der Waals surface area contributed by atoms with E-state index in [0.717, 1.165) is 0 Å². The van der Waals surface area contributed by atoms with Gasteiger partial charge in [0.1, 0.15) is 18.3 Å². The molecule has 0 saturated heterocycles. The van der Waals surface area contributed by atoms with Crippen LogP contribution < -0.4 is 0 Å². The molecular weight excluding hydrogens is 492 g/mol. The van der Waals surface area contributed by atoms with Crippen LogP contribution in [-0.4, -0.2) is 61.0 Å². The number of hydrogen-bond acceptors (Lipinski definition) is 8. The predicted molar refractivity (Wildman–Crippen MR) is 83.6 cm³/mol. The van der Waals surface area contributed by atoms with Crippen molar-refractivity contribution in [2.24, 2.45) is 0 Å². The molecule has 0 heterocycles. The highest BCUT2D eigenvalue weighted by Crippen LogP contribution is 2.40. The van der Waals surface area contributed by atoms with E-state index >= 15 is 0 Å². The van der Waals surface area contributed by atoms with E-state index in [2.05, 4.69) is 20.8 Å². The Morgan fingerprint density at radius 3 is 1.88 bits per heavy atom. The first kappa shape index (κ1) is 28.0. The Kier molecular flexibility index (Phi) is 8.29. The number of halogens is 8. The number of ether oxygens (including phenoxy) is 3. The minimum absolute atomic E-state index is 0.0199. The standard InChI is InChI=1S/C15H16F8O8S/c1-8(14(18,19)20)10(24)31-13(15(21,22)23,29-7-12(16,17)32(26,27)28)11(25)30-9-5-3-2-4-6-9/h9H,1-7H2,(H,26,27,28)/p-1. The average molecular weight is 507 g/mol. The van der Waals surface area contributed by atoms with Crippen molar-refractivity contribution < 1.29 is 71.9 Å². The summed E-state index contributed by atoms with van der Waals surface area (Å²) in [6.45, 7) is -0.863. The molecular formula is C15H15F8O8S-. The van der Waals surface area contributed by atoms with Crippen LogP contribution >= 0.6 is 0 Å². The zero-order valence-corrected chi connectivity index (χ0v) is 16.5. The molecule has 0 N–H and O–H groups in total. The van der Waals surface area contributed by atoms with Gasteiger partial charge in [-0.1, -0.05) is 13.0 Å². The third-order valence-electron chi connectivity index (χ3n) is 4.10. The van der Waals surface area contributed by atoms with Crippen molar-refractivity contribution in [3.05, 3.63) is 12.2 Å². The van der Waals surface area contributed by atoms with E-state index in [-0.39, 0.29) is 12.8 Å². The summed E-state index contributed by atoms with van der Waals surface area (Å²) in [5.74, 6) is -11.0. The number of rotatable bonds is 8. The zero-order valence-electron chi connectivity index (χ0n) is 15.7. The Labute approximate surface area is 175 Å². The van der Waals surface area contributed by atoms with E-state index in [9.17, 15) is 57.7 Å². The van der Waals surface area contributed by atoms with Crippen molar-refractivity contribution in [2.45, 2.75) is 61.6 Å². The van der Waals surface area contributed by atoms with Gasteiger partial charge in [-0.3, -0.25) is 0 Å². The second-order valence-electron chi connectivity index (χ2n) is 6.53. The molecule has 1 unspecified atom stereocenters. The average Bonchev–Trinajstić information content (AvgIpc) is 2.62. The molecule has 0 aromatic heterocycles. The molecule has 1 saturated carbocycles. The van der Waals surface area contributed by atoms with Gasteiger partial charge in [0.15, 0.2) is 10.1 Å². The molecule has 0 radical (unpaired) electrons. The molecule has 186 valence electrons. The molecule has 0 aliphatic heterocycles. The quantitative estimate of drug-likeness (QED) is 0.162. The Bertz CT molecular complexity index is 829. The van der Waals surface area contributed by atoms with Gasteiger partial charge in [-0.25, -0.2) is 18.0 Å². The molecule has 1 aliphatic carbocycles. The maximum Gasteiger partial charge on any atom is 0.468 e. The molecule has 32 heavy (non-hydrogen) atoms. The van der Waals surface area contributed by atoms with Gasteiger partial charge < -0.3 is 18.8 Å². The van der Waals surface area contributed by atoms with Crippen molar-refractivity contribution in [1.29, 1.82) is 0 Å². The third-order valence-corrected chi connectivity index (χ3v) is 4.95. The first-order chi connectivity index (χ1) is 14.2. The van der Waals surface area contributed by atoms with Crippen LogP contribution in [0.4, 0.5) is 35.1 Å². The number of carbonyl (C=O) groups excluding carboxylic acids is 2. The fraction of sp³-hybridized carbons (Fsp3) is 0.733. The summed E-state index contributed by atoms with van der Waals surface area (Å²) in [4.78, 5) is 23.8. The molecule has 1 fully saturated rings. The molecule has 17 heteroatoms. The second-order valence-corrected chi connectivity index (χ2v) is 8.03. The number of hydrogen-bond donors (Lipinski definition) is 0. The van der Waals surface area contributed by atoms with Crippen LogP contribution in [0.15, 0.2) is 12.2 Å². The first-order valence-electron chi connectivity index (χ1n) is 8.49. The van der Waals surface area contributed by atoms with Gasteiger partial charge in [-0.05, 0) is 25.7 Å². The fourth-order valence-electron chi connectivity index (χ4n) is 2.36. The summed E-state index contributed by atoms with van der Waals surface area (Å²) in [7, 11) is -6.66. The van der Waals surface area contributed by atoms with Crippen LogP contribution in [0.3, 0.4) is 0 Å². The van der Waals surface area contributed by atoms with E-state index < -0.39 is 63.7 Å². The van der Waals surface area contributed by atoms with Gasteiger partial charge in [0.25, 0.3) is 0 Å². The van der Waals surface area contributed by atoms with Gasteiger partial charge in [-0.2, -0.15) is 35.1 Å². The van der Waals surface area contributed by atoms with Gasteiger partial charge in [0, 0.05) is 0 Å². The van der Waals surface area contributed by atoms with E-state index in [1.54, 1.807) is 0 Å². The van der Waals surface area contributed by atoms with Crippen LogP contribution in [0, 0.1) is 0 Å². The highest BCUT2D eigenvalue weighted by molar-refractivity contribution is 7.86. The summed E-state index contributed by atoms with van der Waals surface area (Å²) in [5, 5.41) is -5.60. The van der Waals surface area contributed by atoms with E-state index in [4.69, 9.17) is 0 Å². The SMILES string of the molecule is C=C(C(=O)OC(OCC(F)(F)S(=O)(=O)[O-])(C(=O)OC1CCCCC1)C(F)(F)F)C(F)(F)F. The lowest BCUT2D eigenvalue weighted by Gasteiger charge is -2.35. The Morgan fingerprint density at radius 1 is 0.969 bits per heavy atom. The minimum Gasteiger partial charge on any atom is -0.743 e. The maximum atomic E-state index is 13.7.